The Bertz CT molecular complexity index is 320. The van der Waals surface area contributed by atoms with Gasteiger partial charge in [-0.3, -0.25) is 4.90 Å². The van der Waals surface area contributed by atoms with Gasteiger partial charge in [0.2, 0.25) is 10.0 Å². The lowest BCUT2D eigenvalue weighted by Gasteiger charge is -2.27. The van der Waals surface area contributed by atoms with Crippen LogP contribution >= 0.6 is 0 Å². The second-order valence-corrected chi connectivity index (χ2v) is 6.88. The number of nitrogens with zero attached hydrogens (tertiary/aromatic N) is 1. The lowest BCUT2D eigenvalue weighted by atomic mass is 10.3. The summed E-state index contributed by atoms with van der Waals surface area (Å²) in [6, 6.07) is 0.197. The first-order valence-electron chi connectivity index (χ1n) is 6.59. The van der Waals surface area contributed by atoms with Gasteiger partial charge in [0.15, 0.2) is 0 Å². The summed E-state index contributed by atoms with van der Waals surface area (Å²) in [5, 5.41) is 3.26. The number of hydrogen-bond donors (Lipinski definition) is 2. The third kappa shape index (κ3) is 4.54. The minimum atomic E-state index is -3.08. The van der Waals surface area contributed by atoms with Gasteiger partial charge in [-0.2, -0.15) is 0 Å². The summed E-state index contributed by atoms with van der Waals surface area (Å²) >= 11 is 0. The normalized spacial score (nSPS) is 24.2. The predicted molar refractivity (Wildman–Crippen MR) is 68.5 cm³/mol. The molecule has 2 fully saturated rings. The molecule has 17 heavy (non-hydrogen) atoms. The minimum absolute atomic E-state index is 0.197. The molecule has 100 valence electrons. The first-order valence-corrected chi connectivity index (χ1v) is 8.24. The molecule has 1 saturated carbocycles. The molecule has 1 aliphatic heterocycles. The number of nitrogens with one attached hydrogen (secondary N) is 2. The summed E-state index contributed by atoms with van der Waals surface area (Å²) in [6.07, 6.45) is 4.33. The Morgan fingerprint density at radius 3 is 2.47 bits per heavy atom. The summed E-state index contributed by atoms with van der Waals surface area (Å²) in [5.74, 6) is 0.240. The van der Waals surface area contributed by atoms with Crippen molar-refractivity contribution in [3.05, 3.63) is 0 Å². The average Bonchev–Trinajstić information content (AvgIpc) is 2.80. The number of sulfonamides is 1. The molecule has 0 aromatic carbocycles. The van der Waals surface area contributed by atoms with Crippen LogP contribution in [0.1, 0.15) is 25.7 Å². The molecule has 1 saturated heterocycles. The van der Waals surface area contributed by atoms with Gasteiger partial charge in [0.05, 0.1) is 5.75 Å². The Kier molecular flexibility index (Phi) is 4.78. The molecule has 2 rings (SSSR count). The van der Waals surface area contributed by atoms with E-state index in [-0.39, 0.29) is 11.8 Å². The van der Waals surface area contributed by atoms with Crippen molar-refractivity contribution in [2.75, 3.05) is 38.5 Å². The van der Waals surface area contributed by atoms with Crippen molar-refractivity contribution in [3.8, 4) is 0 Å². The van der Waals surface area contributed by atoms with Gasteiger partial charge in [0, 0.05) is 38.8 Å². The summed E-state index contributed by atoms with van der Waals surface area (Å²) in [4.78, 5) is 2.21. The van der Waals surface area contributed by atoms with E-state index in [0.717, 1.165) is 51.9 Å². The molecule has 2 N–H and O–H groups in total. The van der Waals surface area contributed by atoms with Gasteiger partial charge < -0.3 is 5.32 Å². The zero-order chi connectivity index (χ0) is 12.1. The van der Waals surface area contributed by atoms with Crippen LogP contribution in [0, 0.1) is 0 Å². The molecule has 0 unspecified atom stereocenters. The van der Waals surface area contributed by atoms with E-state index < -0.39 is 10.0 Å². The Morgan fingerprint density at radius 1 is 1.18 bits per heavy atom. The molecule has 0 radical (unpaired) electrons. The standard InChI is InChI=1S/C11H23N3O2S/c15-17(16,13-11-3-1-2-4-11)10-9-14-7-5-12-6-8-14/h11-13H,1-10H2. The molecule has 1 heterocycles. The molecule has 1 aliphatic carbocycles. The van der Waals surface area contributed by atoms with Gasteiger partial charge in [-0.25, -0.2) is 13.1 Å². The summed E-state index contributed by atoms with van der Waals surface area (Å²) in [7, 11) is -3.08. The van der Waals surface area contributed by atoms with Crippen LogP contribution < -0.4 is 10.0 Å². The highest BCUT2D eigenvalue weighted by Gasteiger charge is 2.22. The molecular weight excluding hydrogens is 238 g/mol. The molecule has 0 spiro atoms. The predicted octanol–water partition coefficient (Wildman–Crippen LogP) is -0.246. The summed E-state index contributed by atoms with van der Waals surface area (Å²) in [6.45, 7) is 4.51. The molecule has 0 atom stereocenters. The van der Waals surface area contributed by atoms with E-state index in [1.54, 1.807) is 0 Å². The summed E-state index contributed by atoms with van der Waals surface area (Å²) in [5.41, 5.74) is 0. The largest absolute Gasteiger partial charge is 0.314 e. The first kappa shape index (κ1) is 13.3. The maximum absolute atomic E-state index is 11.9. The van der Waals surface area contributed by atoms with Crippen molar-refractivity contribution < 1.29 is 8.42 Å². The highest BCUT2D eigenvalue weighted by atomic mass is 32.2. The smallest absolute Gasteiger partial charge is 0.213 e. The Balaban J connectivity index is 1.72. The highest BCUT2D eigenvalue weighted by molar-refractivity contribution is 7.89. The van der Waals surface area contributed by atoms with Crippen LogP contribution in [0.5, 0.6) is 0 Å². The van der Waals surface area contributed by atoms with Gasteiger partial charge in [-0.05, 0) is 12.8 Å². The molecule has 0 amide bonds. The van der Waals surface area contributed by atoms with E-state index >= 15 is 0 Å². The monoisotopic (exact) mass is 261 g/mol. The van der Waals surface area contributed by atoms with Crippen molar-refractivity contribution in [3.63, 3.8) is 0 Å². The maximum atomic E-state index is 11.9. The van der Waals surface area contributed by atoms with E-state index in [1.165, 1.54) is 0 Å². The fraction of sp³-hybridized carbons (Fsp3) is 1.00. The number of piperazine rings is 1. The third-order valence-corrected chi connectivity index (χ3v) is 5.00. The quantitative estimate of drug-likeness (QED) is 0.717. The van der Waals surface area contributed by atoms with E-state index in [9.17, 15) is 8.42 Å². The average molecular weight is 261 g/mol. The number of hydrogen-bond acceptors (Lipinski definition) is 4. The van der Waals surface area contributed by atoms with Gasteiger partial charge in [0.1, 0.15) is 0 Å². The molecule has 0 bridgehead atoms. The second kappa shape index (κ2) is 6.13. The van der Waals surface area contributed by atoms with Crippen LogP contribution in [-0.4, -0.2) is 57.8 Å². The van der Waals surface area contributed by atoms with E-state index in [2.05, 4.69) is 14.9 Å². The second-order valence-electron chi connectivity index (χ2n) is 5.01. The van der Waals surface area contributed by atoms with E-state index in [1.807, 2.05) is 0 Å². The van der Waals surface area contributed by atoms with Crippen LogP contribution in [0.25, 0.3) is 0 Å². The third-order valence-electron chi connectivity index (χ3n) is 3.59. The van der Waals surface area contributed by atoms with E-state index in [4.69, 9.17) is 0 Å². The molecule has 6 heteroatoms. The molecular formula is C11H23N3O2S. The highest BCUT2D eigenvalue weighted by Crippen LogP contribution is 2.18. The van der Waals surface area contributed by atoms with Gasteiger partial charge in [-0.15, -0.1) is 0 Å². The number of rotatable bonds is 5. The molecule has 2 aliphatic rings. The Hall–Kier alpha value is -0.170. The van der Waals surface area contributed by atoms with Gasteiger partial charge >= 0.3 is 0 Å². The van der Waals surface area contributed by atoms with Gasteiger partial charge in [-0.1, -0.05) is 12.8 Å². The Labute approximate surface area is 104 Å². The van der Waals surface area contributed by atoms with Gasteiger partial charge in [0.25, 0.3) is 0 Å². The lowest BCUT2D eigenvalue weighted by Crippen LogP contribution is -2.46. The van der Waals surface area contributed by atoms with Crippen LogP contribution in [0.2, 0.25) is 0 Å². The fourth-order valence-electron chi connectivity index (χ4n) is 2.54. The van der Waals surface area contributed by atoms with E-state index in [0.29, 0.717) is 6.54 Å². The SMILES string of the molecule is O=S(=O)(CCN1CCNCC1)NC1CCCC1. The van der Waals surface area contributed by atoms with Crippen LogP contribution in [0.3, 0.4) is 0 Å². The van der Waals surface area contributed by atoms with Crippen molar-refractivity contribution in [2.24, 2.45) is 0 Å². The summed E-state index contributed by atoms with van der Waals surface area (Å²) < 4.78 is 26.6. The zero-order valence-corrected chi connectivity index (χ0v) is 11.1. The Morgan fingerprint density at radius 2 is 1.82 bits per heavy atom. The van der Waals surface area contributed by atoms with Crippen LogP contribution in [-0.2, 0) is 10.0 Å². The van der Waals surface area contributed by atoms with Crippen molar-refractivity contribution >= 4 is 10.0 Å². The molecule has 0 aromatic heterocycles. The topological polar surface area (TPSA) is 61.4 Å². The van der Waals surface area contributed by atoms with Crippen molar-refractivity contribution in [1.29, 1.82) is 0 Å². The molecule has 0 aromatic rings. The van der Waals surface area contributed by atoms with Crippen molar-refractivity contribution in [1.82, 2.24) is 14.9 Å². The lowest BCUT2D eigenvalue weighted by molar-refractivity contribution is 0.253. The zero-order valence-electron chi connectivity index (χ0n) is 10.3. The first-order chi connectivity index (χ1) is 8.16. The minimum Gasteiger partial charge on any atom is -0.314 e. The van der Waals surface area contributed by atoms with Crippen LogP contribution in [0.15, 0.2) is 0 Å². The maximum Gasteiger partial charge on any atom is 0.213 e. The van der Waals surface area contributed by atoms with Crippen molar-refractivity contribution in [2.45, 2.75) is 31.7 Å². The fourth-order valence-corrected chi connectivity index (χ4v) is 3.90. The molecule has 5 nitrogen and oxygen atoms in total. The van der Waals surface area contributed by atoms with Crippen LogP contribution in [0.4, 0.5) is 0 Å².